The molecule has 1 aliphatic rings. The van der Waals surface area contributed by atoms with Gasteiger partial charge in [0.15, 0.2) is 0 Å². The van der Waals surface area contributed by atoms with Gasteiger partial charge in [0.2, 0.25) is 0 Å². The summed E-state index contributed by atoms with van der Waals surface area (Å²) in [7, 11) is 0. The maximum absolute atomic E-state index is 13.4. The Hall–Kier alpha value is -1.46. The molecule has 1 heterocycles. The smallest absolute Gasteiger partial charge is 0.254 e. The first-order valence-corrected chi connectivity index (χ1v) is 7.09. The molecular weight excluding hydrogens is 257 g/mol. The van der Waals surface area contributed by atoms with Crippen molar-refractivity contribution in [1.82, 2.24) is 9.80 Å². The zero-order chi connectivity index (χ0) is 14.5. The summed E-state index contributed by atoms with van der Waals surface area (Å²) < 4.78 is 13.4. The Morgan fingerprint density at radius 2 is 1.95 bits per heavy atom. The standard InChI is InChI=1S/C15H22FN3O/c1-12-9-13(11-14(16)10-12)15(20)19-7-5-18(6-8-19)4-2-3-17/h9-11H,2-8,17H2,1H3. The van der Waals surface area contributed by atoms with Crippen molar-refractivity contribution in [2.75, 3.05) is 39.3 Å². The van der Waals surface area contributed by atoms with Crippen molar-refractivity contribution in [3.63, 3.8) is 0 Å². The zero-order valence-electron chi connectivity index (χ0n) is 11.9. The Morgan fingerprint density at radius 1 is 1.25 bits per heavy atom. The van der Waals surface area contributed by atoms with Crippen molar-refractivity contribution in [2.45, 2.75) is 13.3 Å². The molecule has 0 atom stereocenters. The highest BCUT2D eigenvalue weighted by Gasteiger charge is 2.22. The van der Waals surface area contributed by atoms with Crippen LogP contribution in [0.5, 0.6) is 0 Å². The summed E-state index contributed by atoms with van der Waals surface area (Å²) in [6.45, 7) is 6.59. The minimum atomic E-state index is -0.352. The molecule has 1 saturated heterocycles. The van der Waals surface area contributed by atoms with Crippen LogP contribution in [0, 0.1) is 12.7 Å². The largest absolute Gasteiger partial charge is 0.336 e. The first kappa shape index (κ1) is 14.9. The Morgan fingerprint density at radius 3 is 2.55 bits per heavy atom. The van der Waals surface area contributed by atoms with Crippen molar-refractivity contribution in [2.24, 2.45) is 5.73 Å². The summed E-state index contributed by atoms with van der Waals surface area (Å²) in [5.41, 5.74) is 6.71. The van der Waals surface area contributed by atoms with Crippen molar-refractivity contribution in [3.05, 3.63) is 35.1 Å². The number of nitrogens with zero attached hydrogens (tertiary/aromatic N) is 2. The van der Waals surface area contributed by atoms with E-state index in [1.807, 2.05) is 0 Å². The Labute approximate surface area is 119 Å². The molecule has 0 aliphatic carbocycles. The molecule has 1 amide bonds. The molecule has 0 spiro atoms. The maximum atomic E-state index is 13.4. The number of halogens is 1. The number of benzene rings is 1. The van der Waals surface area contributed by atoms with Gasteiger partial charge in [0, 0.05) is 31.7 Å². The zero-order valence-corrected chi connectivity index (χ0v) is 11.9. The van der Waals surface area contributed by atoms with E-state index < -0.39 is 0 Å². The lowest BCUT2D eigenvalue weighted by molar-refractivity contribution is 0.0636. The Balaban J connectivity index is 1.94. The molecule has 2 rings (SSSR count). The predicted octanol–water partition coefficient (Wildman–Crippen LogP) is 1.24. The third kappa shape index (κ3) is 3.77. The van der Waals surface area contributed by atoms with E-state index in [1.54, 1.807) is 17.9 Å². The van der Waals surface area contributed by atoms with Crippen LogP contribution in [0.25, 0.3) is 0 Å². The summed E-state index contributed by atoms with van der Waals surface area (Å²) in [6.07, 6.45) is 0.983. The molecule has 0 saturated carbocycles. The first-order chi connectivity index (χ1) is 9.60. The van der Waals surface area contributed by atoms with E-state index in [9.17, 15) is 9.18 Å². The average Bonchev–Trinajstić information content (AvgIpc) is 2.44. The second-order valence-corrected chi connectivity index (χ2v) is 5.29. The molecule has 1 aromatic rings. The van der Waals surface area contributed by atoms with E-state index in [0.717, 1.165) is 31.6 Å². The number of amides is 1. The van der Waals surface area contributed by atoms with Crippen molar-refractivity contribution in [1.29, 1.82) is 0 Å². The van der Waals surface area contributed by atoms with Crippen LogP contribution >= 0.6 is 0 Å². The van der Waals surface area contributed by atoms with Gasteiger partial charge in [-0.2, -0.15) is 0 Å². The Kier molecular flexibility index (Phi) is 5.09. The lowest BCUT2D eigenvalue weighted by Crippen LogP contribution is -2.49. The van der Waals surface area contributed by atoms with E-state index >= 15 is 0 Å². The van der Waals surface area contributed by atoms with E-state index in [4.69, 9.17) is 5.73 Å². The van der Waals surface area contributed by atoms with Gasteiger partial charge in [-0.1, -0.05) is 0 Å². The molecule has 0 bridgehead atoms. The fraction of sp³-hybridized carbons (Fsp3) is 0.533. The molecule has 0 unspecified atom stereocenters. The predicted molar refractivity (Wildman–Crippen MR) is 77.2 cm³/mol. The van der Waals surface area contributed by atoms with Gasteiger partial charge in [-0.3, -0.25) is 9.69 Å². The van der Waals surface area contributed by atoms with Crippen molar-refractivity contribution in [3.8, 4) is 0 Å². The summed E-state index contributed by atoms with van der Waals surface area (Å²) in [6, 6.07) is 4.49. The second-order valence-electron chi connectivity index (χ2n) is 5.29. The Bertz CT molecular complexity index is 450. The molecule has 4 nitrogen and oxygen atoms in total. The van der Waals surface area contributed by atoms with Gasteiger partial charge in [0.25, 0.3) is 5.91 Å². The topological polar surface area (TPSA) is 49.6 Å². The third-order valence-electron chi connectivity index (χ3n) is 3.63. The van der Waals surface area contributed by atoms with Crippen LogP contribution < -0.4 is 5.73 Å². The van der Waals surface area contributed by atoms with Crippen LogP contribution in [-0.4, -0.2) is 55.0 Å². The highest BCUT2D eigenvalue weighted by Crippen LogP contribution is 2.13. The molecule has 0 aromatic heterocycles. The highest BCUT2D eigenvalue weighted by atomic mass is 19.1. The monoisotopic (exact) mass is 279 g/mol. The normalized spacial score (nSPS) is 16.4. The number of aryl methyl sites for hydroxylation is 1. The number of nitrogens with two attached hydrogens (primary N) is 1. The molecular formula is C15H22FN3O. The van der Waals surface area contributed by atoms with E-state index in [1.165, 1.54) is 12.1 Å². The van der Waals surface area contributed by atoms with E-state index in [2.05, 4.69) is 4.90 Å². The summed E-state index contributed by atoms with van der Waals surface area (Å²) in [4.78, 5) is 16.5. The van der Waals surface area contributed by atoms with Crippen molar-refractivity contribution < 1.29 is 9.18 Å². The van der Waals surface area contributed by atoms with Gasteiger partial charge in [-0.05, 0) is 50.2 Å². The number of hydrogen-bond acceptors (Lipinski definition) is 3. The van der Waals surface area contributed by atoms with Crippen LogP contribution in [0.1, 0.15) is 22.3 Å². The van der Waals surface area contributed by atoms with Gasteiger partial charge in [0.1, 0.15) is 5.82 Å². The van der Waals surface area contributed by atoms with Gasteiger partial charge < -0.3 is 10.6 Å². The van der Waals surface area contributed by atoms with Crippen LogP contribution in [0.3, 0.4) is 0 Å². The van der Waals surface area contributed by atoms with Gasteiger partial charge >= 0.3 is 0 Å². The summed E-state index contributed by atoms with van der Waals surface area (Å²) in [5.74, 6) is -0.430. The number of carbonyl (C=O) groups excluding carboxylic acids is 1. The molecule has 1 fully saturated rings. The van der Waals surface area contributed by atoms with Gasteiger partial charge in [-0.25, -0.2) is 4.39 Å². The maximum Gasteiger partial charge on any atom is 0.254 e. The molecule has 0 radical (unpaired) electrons. The number of hydrogen-bond donors (Lipinski definition) is 1. The SMILES string of the molecule is Cc1cc(F)cc(C(=O)N2CCN(CCCN)CC2)c1. The quantitative estimate of drug-likeness (QED) is 0.902. The fourth-order valence-electron chi connectivity index (χ4n) is 2.53. The fourth-order valence-corrected chi connectivity index (χ4v) is 2.53. The minimum Gasteiger partial charge on any atom is -0.336 e. The first-order valence-electron chi connectivity index (χ1n) is 7.09. The molecule has 110 valence electrons. The van der Waals surface area contributed by atoms with Crippen LogP contribution in [0.4, 0.5) is 4.39 Å². The number of piperazine rings is 1. The van der Waals surface area contributed by atoms with Gasteiger partial charge in [0.05, 0.1) is 0 Å². The molecule has 5 heteroatoms. The molecule has 1 aliphatic heterocycles. The molecule has 2 N–H and O–H groups in total. The van der Waals surface area contributed by atoms with E-state index in [-0.39, 0.29) is 11.7 Å². The lowest BCUT2D eigenvalue weighted by Gasteiger charge is -2.34. The molecule has 20 heavy (non-hydrogen) atoms. The van der Waals surface area contributed by atoms with Gasteiger partial charge in [-0.15, -0.1) is 0 Å². The summed E-state index contributed by atoms with van der Waals surface area (Å²) in [5, 5.41) is 0. The van der Waals surface area contributed by atoms with Crippen LogP contribution in [0.15, 0.2) is 18.2 Å². The second kappa shape index (κ2) is 6.81. The lowest BCUT2D eigenvalue weighted by atomic mass is 10.1. The van der Waals surface area contributed by atoms with Crippen molar-refractivity contribution >= 4 is 5.91 Å². The highest BCUT2D eigenvalue weighted by molar-refractivity contribution is 5.94. The third-order valence-corrected chi connectivity index (χ3v) is 3.63. The number of carbonyl (C=O) groups is 1. The average molecular weight is 279 g/mol. The number of rotatable bonds is 4. The molecule has 1 aromatic carbocycles. The summed E-state index contributed by atoms with van der Waals surface area (Å²) >= 11 is 0. The minimum absolute atomic E-state index is 0.0777. The van der Waals surface area contributed by atoms with E-state index in [0.29, 0.717) is 25.2 Å². The van der Waals surface area contributed by atoms with Crippen LogP contribution in [0.2, 0.25) is 0 Å². The van der Waals surface area contributed by atoms with Crippen LogP contribution in [-0.2, 0) is 0 Å².